The molecular formula is C13H19F2N3O. The Morgan fingerprint density at radius 2 is 1.95 bits per heavy atom. The van der Waals surface area contributed by atoms with E-state index in [2.05, 4.69) is 10.6 Å². The molecule has 0 aliphatic heterocycles. The van der Waals surface area contributed by atoms with Gasteiger partial charge in [-0.25, -0.2) is 13.6 Å². The highest BCUT2D eigenvalue weighted by Gasteiger charge is 2.26. The van der Waals surface area contributed by atoms with E-state index in [0.717, 1.165) is 6.07 Å². The highest BCUT2D eigenvalue weighted by atomic mass is 19.1. The lowest BCUT2D eigenvalue weighted by atomic mass is 9.93. The van der Waals surface area contributed by atoms with Crippen molar-refractivity contribution in [2.75, 3.05) is 11.9 Å². The Kier molecular flexibility index (Phi) is 5.23. The van der Waals surface area contributed by atoms with Gasteiger partial charge in [0, 0.05) is 12.6 Å². The number of hydrogen-bond donors (Lipinski definition) is 3. The van der Waals surface area contributed by atoms with Gasteiger partial charge in [0.1, 0.15) is 11.6 Å². The van der Waals surface area contributed by atoms with Gasteiger partial charge < -0.3 is 16.4 Å². The molecule has 0 radical (unpaired) electrons. The van der Waals surface area contributed by atoms with Crippen LogP contribution in [0.5, 0.6) is 0 Å². The van der Waals surface area contributed by atoms with Crippen molar-refractivity contribution >= 4 is 11.7 Å². The fourth-order valence-electron chi connectivity index (χ4n) is 1.75. The molecule has 1 aromatic carbocycles. The van der Waals surface area contributed by atoms with Gasteiger partial charge in [0.2, 0.25) is 0 Å². The van der Waals surface area contributed by atoms with Crippen molar-refractivity contribution in [1.82, 2.24) is 5.32 Å². The number of anilines is 1. The maximum atomic E-state index is 13.4. The standard InChI is InChI=1S/C13H19F2N3O/c1-3-13(4-2,8-16)18-12(19)17-11-6-5-9(14)7-10(11)15/h5-7H,3-4,8,16H2,1-2H3,(H2,17,18,19). The third kappa shape index (κ3) is 3.89. The van der Waals surface area contributed by atoms with Crippen molar-refractivity contribution in [3.05, 3.63) is 29.8 Å². The Hall–Kier alpha value is -1.69. The summed E-state index contributed by atoms with van der Waals surface area (Å²) in [6.07, 6.45) is 1.33. The van der Waals surface area contributed by atoms with E-state index in [9.17, 15) is 13.6 Å². The predicted octanol–water partition coefficient (Wildman–Crippen LogP) is 2.60. The van der Waals surface area contributed by atoms with E-state index in [-0.39, 0.29) is 5.69 Å². The van der Waals surface area contributed by atoms with Gasteiger partial charge in [0.15, 0.2) is 0 Å². The smallest absolute Gasteiger partial charge is 0.319 e. The first-order valence-corrected chi connectivity index (χ1v) is 6.20. The Bertz CT molecular complexity index is 439. The second kappa shape index (κ2) is 6.47. The lowest BCUT2D eigenvalue weighted by molar-refractivity contribution is 0.233. The van der Waals surface area contributed by atoms with Crippen LogP contribution in [-0.4, -0.2) is 18.1 Å². The molecule has 0 atom stereocenters. The van der Waals surface area contributed by atoms with Gasteiger partial charge in [-0.2, -0.15) is 0 Å². The normalized spacial score (nSPS) is 11.2. The second-order valence-corrected chi connectivity index (χ2v) is 4.39. The summed E-state index contributed by atoms with van der Waals surface area (Å²) in [6, 6.07) is 2.41. The SMILES string of the molecule is CCC(CC)(CN)NC(=O)Nc1ccc(F)cc1F. The van der Waals surface area contributed by atoms with Crippen molar-refractivity contribution in [1.29, 1.82) is 0 Å². The van der Waals surface area contributed by atoms with Crippen LogP contribution in [0, 0.1) is 11.6 Å². The van der Waals surface area contributed by atoms with E-state index < -0.39 is 23.2 Å². The summed E-state index contributed by atoms with van der Waals surface area (Å²) in [6.45, 7) is 4.11. The van der Waals surface area contributed by atoms with Crippen LogP contribution in [0.2, 0.25) is 0 Å². The van der Waals surface area contributed by atoms with Crippen LogP contribution in [0.1, 0.15) is 26.7 Å². The zero-order chi connectivity index (χ0) is 14.5. The number of urea groups is 1. The molecular weight excluding hydrogens is 252 g/mol. The molecule has 0 unspecified atom stereocenters. The second-order valence-electron chi connectivity index (χ2n) is 4.39. The van der Waals surface area contributed by atoms with Crippen LogP contribution < -0.4 is 16.4 Å². The summed E-state index contributed by atoms with van der Waals surface area (Å²) in [5.74, 6) is -1.51. The van der Waals surface area contributed by atoms with E-state index >= 15 is 0 Å². The molecule has 0 spiro atoms. The van der Waals surface area contributed by atoms with E-state index in [1.807, 2.05) is 13.8 Å². The summed E-state index contributed by atoms with van der Waals surface area (Å²) in [4.78, 5) is 11.8. The highest BCUT2D eigenvalue weighted by Crippen LogP contribution is 2.17. The molecule has 0 heterocycles. The molecule has 106 valence electrons. The minimum absolute atomic E-state index is 0.0722. The summed E-state index contributed by atoms with van der Waals surface area (Å²) < 4.78 is 26.1. The first-order valence-electron chi connectivity index (χ1n) is 6.20. The van der Waals surface area contributed by atoms with Crippen LogP contribution in [0.3, 0.4) is 0 Å². The summed E-state index contributed by atoms with van der Waals surface area (Å²) in [5.41, 5.74) is 5.07. The minimum atomic E-state index is -0.818. The lowest BCUT2D eigenvalue weighted by Crippen LogP contribution is -2.54. The molecule has 0 saturated carbocycles. The predicted molar refractivity (Wildman–Crippen MR) is 70.9 cm³/mol. The zero-order valence-electron chi connectivity index (χ0n) is 11.1. The summed E-state index contributed by atoms with van der Waals surface area (Å²) in [7, 11) is 0. The third-order valence-electron chi connectivity index (χ3n) is 3.30. The molecule has 0 aliphatic rings. The molecule has 0 bridgehead atoms. The van der Waals surface area contributed by atoms with Crippen LogP contribution in [0.25, 0.3) is 0 Å². The maximum Gasteiger partial charge on any atom is 0.319 e. The Morgan fingerprint density at radius 3 is 2.42 bits per heavy atom. The molecule has 0 fully saturated rings. The molecule has 1 rings (SSSR count). The van der Waals surface area contributed by atoms with E-state index in [0.29, 0.717) is 25.5 Å². The zero-order valence-corrected chi connectivity index (χ0v) is 11.1. The van der Waals surface area contributed by atoms with Gasteiger partial charge in [-0.15, -0.1) is 0 Å². The van der Waals surface area contributed by atoms with Gasteiger partial charge in [-0.3, -0.25) is 0 Å². The molecule has 19 heavy (non-hydrogen) atoms. The Labute approximate surface area is 111 Å². The highest BCUT2D eigenvalue weighted by molar-refractivity contribution is 5.89. The summed E-state index contributed by atoms with van der Waals surface area (Å²) in [5, 5.41) is 5.08. The molecule has 1 aromatic rings. The van der Waals surface area contributed by atoms with Gasteiger partial charge in [0.25, 0.3) is 0 Å². The van der Waals surface area contributed by atoms with Crippen LogP contribution >= 0.6 is 0 Å². The number of nitrogens with two attached hydrogens (primary N) is 1. The van der Waals surface area contributed by atoms with Crippen LogP contribution in [-0.2, 0) is 0 Å². The number of nitrogens with one attached hydrogen (secondary N) is 2. The van der Waals surface area contributed by atoms with Crippen molar-refractivity contribution < 1.29 is 13.6 Å². The first-order chi connectivity index (χ1) is 8.96. The van der Waals surface area contributed by atoms with Gasteiger partial charge in [-0.05, 0) is 25.0 Å². The quantitative estimate of drug-likeness (QED) is 0.770. The number of carbonyl (C=O) groups excluding carboxylic acids is 1. The van der Waals surface area contributed by atoms with Crippen molar-refractivity contribution in [2.24, 2.45) is 5.73 Å². The van der Waals surface area contributed by atoms with Gasteiger partial charge in [-0.1, -0.05) is 13.8 Å². The topological polar surface area (TPSA) is 67.1 Å². The lowest BCUT2D eigenvalue weighted by Gasteiger charge is -2.31. The number of benzene rings is 1. The number of rotatable bonds is 5. The number of hydrogen-bond acceptors (Lipinski definition) is 2. The summed E-state index contributed by atoms with van der Waals surface area (Å²) >= 11 is 0. The molecule has 0 aromatic heterocycles. The van der Waals surface area contributed by atoms with E-state index in [1.165, 1.54) is 6.07 Å². The van der Waals surface area contributed by atoms with Crippen LogP contribution in [0.4, 0.5) is 19.3 Å². The molecule has 4 N–H and O–H groups in total. The van der Waals surface area contributed by atoms with E-state index in [1.54, 1.807) is 0 Å². The van der Waals surface area contributed by atoms with Gasteiger partial charge >= 0.3 is 6.03 Å². The average Bonchev–Trinajstić information content (AvgIpc) is 2.39. The van der Waals surface area contributed by atoms with Gasteiger partial charge in [0.05, 0.1) is 11.2 Å². The molecule has 0 saturated heterocycles. The molecule has 6 heteroatoms. The molecule has 2 amide bonds. The monoisotopic (exact) mass is 271 g/mol. The molecule has 4 nitrogen and oxygen atoms in total. The molecule has 0 aliphatic carbocycles. The fraction of sp³-hybridized carbons (Fsp3) is 0.462. The fourth-order valence-corrected chi connectivity index (χ4v) is 1.75. The third-order valence-corrected chi connectivity index (χ3v) is 3.30. The van der Waals surface area contributed by atoms with E-state index in [4.69, 9.17) is 5.73 Å². The minimum Gasteiger partial charge on any atom is -0.331 e. The number of carbonyl (C=O) groups is 1. The Morgan fingerprint density at radius 1 is 1.32 bits per heavy atom. The largest absolute Gasteiger partial charge is 0.331 e. The maximum absolute atomic E-state index is 13.4. The van der Waals surface area contributed by atoms with Crippen molar-refractivity contribution in [2.45, 2.75) is 32.2 Å². The first kappa shape index (κ1) is 15.4. The van der Waals surface area contributed by atoms with Crippen LogP contribution in [0.15, 0.2) is 18.2 Å². The number of amides is 2. The Balaban J connectivity index is 2.74. The average molecular weight is 271 g/mol. The van der Waals surface area contributed by atoms with Crippen molar-refractivity contribution in [3.63, 3.8) is 0 Å². The van der Waals surface area contributed by atoms with Crippen molar-refractivity contribution in [3.8, 4) is 0 Å². The number of halogens is 2.